The summed E-state index contributed by atoms with van der Waals surface area (Å²) in [5.41, 5.74) is 6.28. The Kier molecular flexibility index (Phi) is 7.91. The molecule has 2 amide bonds. The quantitative estimate of drug-likeness (QED) is 0.811. The van der Waals surface area contributed by atoms with E-state index in [1.807, 2.05) is 28.0 Å². The molecule has 2 aliphatic rings. The number of piperazine rings is 1. The zero-order chi connectivity index (χ0) is 18.6. The lowest BCUT2D eigenvalue weighted by Gasteiger charge is -2.42. The average molecular weight is 416 g/mol. The highest BCUT2D eigenvalue weighted by Crippen LogP contribution is 2.32. The van der Waals surface area contributed by atoms with Crippen LogP contribution >= 0.6 is 24.0 Å². The van der Waals surface area contributed by atoms with Crippen molar-refractivity contribution in [1.82, 2.24) is 9.80 Å². The monoisotopic (exact) mass is 415 g/mol. The van der Waals surface area contributed by atoms with Gasteiger partial charge < -0.3 is 20.3 Å². The van der Waals surface area contributed by atoms with Crippen molar-refractivity contribution in [2.75, 3.05) is 45.9 Å². The van der Waals surface area contributed by atoms with Crippen molar-refractivity contribution in [3.63, 3.8) is 0 Å². The Morgan fingerprint density at radius 1 is 1.07 bits per heavy atom. The van der Waals surface area contributed by atoms with Crippen LogP contribution < -0.4 is 5.73 Å². The number of carbonyl (C=O) groups is 2. The number of benzene rings is 1. The molecule has 6 nitrogen and oxygen atoms in total. The Morgan fingerprint density at radius 3 is 2.26 bits per heavy atom. The molecular formula is C19H27Cl2N3O3. The van der Waals surface area contributed by atoms with Crippen LogP contribution in [0.2, 0.25) is 5.02 Å². The van der Waals surface area contributed by atoms with E-state index in [1.165, 1.54) is 0 Å². The maximum absolute atomic E-state index is 13.0. The zero-order valence-electron chi connectivity index (χ0n) is 15.4. The zero-order valence-corrected chi connectivity index (χ0v) is 16.9. The van der Waals surface area contributed by atoms with Crippen LogP contribution in [0.4, 0.5) is 0 Å². The van der Waals surface area contributed by atoms with E-state index >= 15 is 0 Å². The predicted molar refractivity (Wildman–Crippen MR) is 107 cm³/mol. The van der Waals surface area contributed by atoms with E-state index in [-0.39, 0.29) is 30.6 Å². The van der Waals surface area contributed by atoms with Gasteiger partial charge in [-0.1, -0.05) is 29.8 Å². The van der Waals surface area contributed by atoms with Gasteiger partial charge in [0.05, 0.1) is 11.8 Å². The lowest BCUT2D eigenvalue weighted by atomic mass is 9.78. The third-order valence-corrected chi connectivity index (χ3v) is 5.88. The fourth-order valence-corrected chi connectivity index (χ4v) is 3.88. The Labute approximate surface area is 171 Å². The molecule has 27 heavy (non-hydrogen) atoms. The molecule has 0 aromatic heterocycles. The molecule has 0 radical (unpaired) electrons. The number of carbonyl (C=O) groups excluding carboxylic acids is 2. The van der Waals surface area contributed by atoms with Crippen LogP contribution in [0.5, 0.6) is 0 Å². The number of nitrogens with zero attached hydrogens (tertiary/aromatic N) is 2. The molecule has 2 saturated heterocycles. The van der Waals surface area contributed by atoms with Crippen molar-refractivity contribution < 1.29 is 14.3 Å². The van der Waals surface area contributed by atoms with Crippen LogP contribution in [-0.4, -0.2) is 67.6 Å². The maximum Gasteiger partial charge on any atom is 0.230 e. The largest absolute Gasteiger partial charge is 0.381 e. The van der Waals surface area contributed by atoms with Crippen LogP contribution in [0.25, 0.3) is 0 Å². The van der Waals surface area contributed by atoms with Crippen LogP contribution in [-0.2, 0) is 20.7 Å². The molecule has 0 bridgehead atoms. The maximum atomic E-state index is 13.0. The molecule has 2 heterocycles. The van der Waals surface area contributed by atoms with Crippen molar-refractivity contribution in [3.8, 4) is 0 Å². The summed E-state index contributed by atoms with van der Waals surface area (Å²) >= 11 is 6.14. The predicted octanol–water partition coefficient (Wildman–Crippen LogP) is 1.73. The molecule has 1 aromatic rings. The van der Waals surface area contributed by atoms with Gasteiger partial charge in [0, 0.05) is 51.0 Å². The molecule has 150 valence electrons. The normalized spacial score (nSPS) is 19.3. The van der Waals surface area contributed by atoms with Crippen molar-refractivity contribution in [3.05, 3.63) is 34.9 Å². The summed E-state index contributed by atoms with van der Waals surface area (Å²) < 4.78 is 5.39. The van der Waals surface area contributed by atoms with E-state index in [9.17, 15) is 9.59 Å². The number of halogens is 2. The second-order valence-corrected chi connectivity index (χ2v) is 7.45. The van der Waals surface area contributed by atoms with E-state index < -0.39 is 5.41 Å². The van der Waals surface area contributed by atoms with E-state index in [2.05, 4.69) is 0 Å². The first-order valence-electron chi connectivity index (χ1n) is 9.14. The van der Waals surface area contributed by atoms with Gasteiger partial charge >= 0.3 is 0 Å². The molecule has 0 spiro atoms. The summed E-state index contributed by atoms with van der Waals surface area (Å²) in [5.74, 6) is 0.159. The third-order valence-electron chi connectivity index (χ3n) is 5.51. The van der Waals surface area contributed by atoms with Gasteiger partial charge in [-0.05, 0) is 24.5 Å². The summed E-state index contributed by atoms with van der Waals surface area (Å²) in [6.45, 7) is 3.71. The van der Waals surface area contributed by atoms with Crippen molar-refractivity contribution in [2.45, 2.75) is 19.3 Å². The smallest absolute Gasteiger partial charge is 0.230 e. The van der Waals surface area contributed by atoms with Gasteiger partial charge in [0.15, 0.2) is 0 Å². The third kappa shape index (κ3) is 4.93. The molecule has 2 fully saturated rings. The topological polar surface area (TPSA) is 75.9 Å². The Bertz CT molecular complexity index is 657. The second-order valence-electron chi connectivity index (χ2n) is 7.04. The van der Waals surface area contributed by atoms with Gasteiger partial charge in [0.25, 0.3) is 0 Å². The van der Waals surface area contributed by atoms with E-state index in [4.69, 9.17) is 22.1 Å². The fourth-order valence-electron chi connectivity index (χ4n) is 3.68. The number of hydrogen-bond donors (Lipinski definition) is 1. The Balaban J connectivity index is 0.00000261. The summed E-state index contributed by atoms with van der Waals surface area (Å²) in [6.07, 6.45) is 1.64. The van der Waals surface area contributed by atoms with E-state index in [0.717, 1.165) is 5.56 Å². The first kappa shape index (κ1) is 22.0. The number of ether oxygens (including phenoxy) is 1. The number of hydrogen-bond acceptors (Lipinski definition) is 4. The molecule has 3 rings (SSSR count). The van der Waals surface area contributed by atoms with E-state index in [1.54, 1.807) is 6.07 Å². The lowest BCUT2D eigenvalue weighted by molar-refractivity contribution is -0.151. The highest BCUT2D eigenvalue weighted by atomic mass is 35.5. The lowest BCUT2D eigenvalue weighted by Crippen LogP contribution is -2.57. The Hall–Kier alpha value is -1.34. The Morgan fingerprint density at radius 2 is 1.67 bits per heavy atom. The summed E-state index contributed by atoms with van der Waals surface area (Å²) in [5, 5.41) is 0.610. The van der Waals surface area contributed by atoms with Crippen LogP contribution in [0, 0.1) is 5.41 Å². The van der Waals surface area contributed by atoms with Gasteiger partial charge in [-0.15, -0.1) is 12.4 Å². The second kappa shape index (κ2) is 9.73. The minimum absolute atomic E-state index is 0. The molecular weight excluding hydrogens is 389 g/mol. The van der Waals surface area contributed by atoms with Crippen molar-refractivity contribution in [1.29, 1.82) is 0 Å². The summed E-state index contributed by atoms with van der Waals surface area (Å²) in [4.78, 5) is 29.2. The fraction of sp³-hybridized carbons (Fsp3) is 0.579. The SMILES string of the molecule is Cl.NCC1(C(=O)N2CCN(C(=O)Cc3ccccc3Cl)CC2)CCOCC1. The number of amides is 2. The summed E-state index contributed by atoms with van der Waals surface area (Å²) in [7, 11) is 0. The molecule has 2 aliphatic heterocycles. The van der Waals surface area contributed by atoms with Crippen LogP contribution in [0.3, 0.4) is 0 Å². The van der Waals surface area contributed by atoms with E-state index in [0.29, 0.717) is 63.8 Å². The number of rotatable bonds is 4. The molecule has 0 aliphatic carbocycles. The first-order valence-corrected chi connectivity index (χ1v) is 9.52. The van der Waals surface area contributed by atoms with Gasteiger partial charge in [-0.25, -0.2) is 0 Å². The van der Waals surface area contributed by atoms with Gasteiger partial charge in [-0.2, -0.15) is 0 Å². The average Bonchev–Trinajstić information content (AvgIpc) is 2.69. The minimum Gasteiger partial charge on any atom is -0.381 e. The summed E-state index contributed by atoms with van der Waals surface area (Å²) in [6, 6.07) is 7.40. The highest BCUT2D eigenvalue weighted by Gasteiger charge is 2.42. The van der Waals surface area contributed by atoms with Gasteiger partial charge in [0.2, 0.25) is 11.8 Å². The van der Waals surface area contributed by atoms with Crippen molar-refractivity contribution in [2.24, 2.45) is 11.1 Å². The van der Waals surface area contributed by atoms with Crippen molar-refractivity contribution >= 4 is 35.8 Å². The molecule has 8 heteroatoms. The molecule has 0 unspecified atom stereocenters. The molecule has 2 N–H and O–H groups in total. The standard InChI is InChI=1S/C19H26ClN3O3.ClH/c20-16-4-2-1-3-15(16)13-17(24)22-7-9-23(10-8-22)18(25)19(14-21)5-11-26-12-6-19;/h1-4H,5-14,21H2;1H. The molecule has 0 atom stereocenters. The van der Waals surface area contributed by atoms with Crippen LogP contribution in [0.1, 0.15) is 18.4 Å². The number of nitrogens with two attached hydrogens (primary N) is 1. The minimum atomic E-state index is -0.498. The highest BCUT2D eigenvalue weighted by molar-refractivity contribution is 6.31. The molecule has 0 saturated carbocycles. The van der Waals surface area contributed by atoms with Crippen LogP contribution in [0.15, 0.2) is 24.3 Å². The first-order chi connectivity index (χ1) is 12.6. The van der Waals surface area contributed by atoms with Gasteiger partial charge in [-0.3, -0.25) is 9.59 Å². The molecule has 1 aromatic carbocycles. The van der Waals surface area contributed by atoms with Gasteiger partial charge in [0.1, 0.15) is 0 Å².